The topological polar surface area (TPSA) is 144 Å². The number of hydrogen-bond acceptors (Lipinski definition) is 7. The molecule has 0 radical (unpaired) electrons. The van der Waals surface area contributed by atoms with Gasteiger partial charge in [0.15, 0.2) is 0 Å². The maximum Gasteiger partial charge on any atom is 1.00 e. The van der Waals surface area contributed by atoms with Gasteiger partial charge in [-0.3, -0.25) is 0 Å². The van der Waals surface area contributed by atoms with E-state index in [0.717, 1.165) is 38.8 Å². The van der Waals surface area contributed by atoms with Crippen LogP contribution >= 0.6 is 0 Å². The van der Waals surface area contributed by atoms with Gasteiger partial charge in [0.1, 0.15) is 0 Å². The Hall–Kier alpha value is 0.820. The fourth-order valence-corrected chi connectivity index (χ4v) is 1.59. The zero-order chi connectivity index (χ0) is 14.7. The van der Waals surface area contributed by atoms with Gasteiger partial charge in [-0.15, -0.1) is 0 Å². The second-order valence-corrected chi connectivity index (χ2v) is 4.59. The Morgan fingerprint density at radius 1 is 0.810 bits per heavy atom. The summed E-state index contributed by atoms with van der Waals surface area (Å²) in [5.74, 6) is -2.42. The molecule has 0 aliphatic rings. The van der Waals surface area contributed by atoms with Crippen molar-refractivity contribution in [1.82, 2.24) is 5.32 Å². The molecule has 0 rings (SSSR count). The quantitative estimate of drug-likeness (QED) is 0.239. The molecule has 0 unspecified atom stereocenters. The van der Waals surface area contributed by atoms with Crippen molar-refractivity contribution in [3.8, 4) is 0 Å². The summed E-state index contributed by atoms with van der Waals surface area (Å²) in [4.78, 5) is 20.7. The number of carbonyl (C=O) groups is 2. The first-order valence-electron chi connectivity index (χ1n) is 6.58. The van der Waals surface area contributed by atoms with Crippen LogP contribution in [0, 0.1) is 0 Å². The zero-order valence-electron chi connectivity index (χ0n) is 13.1. The summed E-state index contributed by atoms with van der Waals surface area (Å²) in [6, 6.07) is -1.77. The van der Waals surface area contributed by atoms with Crippen molar-refractivity contribution in [1.29, 1.82) is 0 Å². The maximum atomic E-state index is 10.3. The molecule has 2 atom stereocenters. The van der Waals surface area contributed by atoms with E-state index in [0.29, 0.717) is 12.8 Å². The third kappa shape index (κ3) is 17.0. The van der Waals surface area contributed by atoms with Gasteiger partial charge in [-0.2, -0.15) is 0 Å². The molecule has 0 aliphatic carbocycles. The minimum Gasteiger partial charge on any atom is -0.548 e. The van der Waals surface area contributed by atoms with Crippen molar-refractivity contribution in [2.24, 2.45) is 11.5 Å². The number of carboxylic acid groups (broad SMARTS) is 2. The van der Waals surface area contributed by atoms with Gasteiger partial charge in [0, 0.05) is 12.1 Å². The van der Waals surface area contributed by atoms with E-state index in [9.17, 15) is 19.8 Å². The summed E-state index contributed by atoms with van der Waals surface area (Å²) in [5, 5.41) is 23.8. The van der Waals surface area contributed by atoms with Gasteiger partial charge < -0.3 is 36.6 Å². The van der Waals surface area contributed by atoms with Crippen LogP contribution in [-0.4, -0.2) is 37.1 Å². The fourth-order valence-electron chi connectivity index (χ4n) is 1.59. The van der Waals surface area contributed by atoms with E-state index in [1.807, 2.05) is 0 Å². The van der Waals surface area contributed by atoms with Crippen LogP contribution in [0.25, 0.3) is 0 Å². The van der Waals surface area contributed by atoms with Crippen molar-refractivity contribution in [3.63, 3.8) is 0 Å². The van der Waals surface area contributed by atoms with E-state index in [4.69, 9.17) is 11.5 Å². The van der Waals surface area contributed by atoms with Crippen LogP contribution in [0.1, 0.15) is 38.5 Å². The third-order valence-corrected chi connectivity index (χ3v) is 2.84. The van der Waals surface area contributed by atoms with E-state index in [2.05, 4.69) is 5.32 Å². The van der Waals surface area contributed by atoms with Crippen molar-refractivity contribution in [2.75, 3.05) is 13.1 Å². The standard InChI is InChI=1S/C12H25N3O4.2Na/c13-9(11(16)17)5-1-3-7-15-8-4-2-6-10(14)12(18)19;;/h9-10,15H,1-8,13-14H2,(H,16,17)(H,18,19);;/q;2*+1/p-2/t9-,10-;;/m0../s1. The van der Waals surface area contributed by atoms with Crippen LogP contribution in [0.5, 0.6) is 0 Å². The molecule has 0 saturated carbocycles. The molecule has 0 spiro atoms. The minimum absolute atomic E-state index is 0. The number of nitrogens with two attached hydrogens (primary N) is 2. The van der Waals surface area contributed by atoms with E-state index in [1.165, 1.54) is 0 Å². The number of hydrogen-bond donors (Lipinski definition) is 3. The number of carbonyl (C=O) groups excluding carboxylic acids is 2. The van der Waals surface area contributed by atoms with Crippen LogP contribution in [0.3, 0.4) is 0 Å². The molecule has 0 bridgehead atoms. The number of unbranched alkanes of at least 4 members (excludes halogenated alkanes) is 2. The third-order valence-electron chi connectivity index (χ3n) is 2.84. The van der Waals surface area contributed by atoms with Crippen LogP contribution in [0.2, 0.25) is 0 Å². The molecule has 0 saturated heterocycles. The zero-order valence-corrected chi connectivity index (χ0v) is 17.1. The van der Waals surface area contributed by atoms with Gasteiger partial charge >= 0.3 is 59.1 Å². The number of aliphatic carboxylic acids is 2. The van der Waals surface area contributed by atoms with Crippen molar-refractivity contribution < 1.29 is 78.9 Å². The Morgan fingerprint density at radius 3 is 1.43 bits per heavy atom. The van der Waals surface area contributed by atoms with E-state index in [-0.39, 0.29) is 59.1 Å². The first-order valence-corrected chi connectivity index (χ1v) is 6.58. The molecule has 5 N–H and O–H groups in total. The van der Waals surface area contributed by atoms with Crippen LogP contribution in [0.15, 0.2) is 0 Å². The van der Waals surface area contributed by atoms with Gasteiger partial charge in [-0.25, -0.2) is 0 Å². The van der Waals surface area contributed by atoms with Gasteiger partial charge in [0.05, 0.1) is 11.9 Å². The molecule has 0 aromatic carbocycles. The normalized spacial score (nSPS) is 12.7. The first kappa shape index (κ1) is 26.7. The number of carboxylic acids is 2. The number of nitrogens with one attached hydrogen (secondary N) is 1. The largest absolute Gasteiger partial charge is 1.00 e. The molecule has 9 heteroatoms. The summed E-state index contributed by atoms with van der Waals surface area (Å²) in [6.45, 7) is 1.57. The molecule has 0 aromatic heterocycles. The summed E-state index contributed by atoms with van der Waals surface area (Å²) in [7, 11) is 0. The Morgan fingerprint density at radius 2 is 1.14 bits per heavy atom. The fraction of sp³-hybridized carbons (Fsp3) is 0.833. The molecular weight excluding hydrogens is 296 g/mol. The Kier molecular flexibility index (Phi) is 21.8. The molecule has 0 aliphatic heterocycles. The summed E-state index contributed by atoms with van der Waals surface area (Å²) < 4.78 is 0. The van der Waals surface area contributed by atoms with Gasteiger partial charge in [-0.1, -0.05) is 12.8 Å². The molecule has 21 heavy (non-hydrogen) atoms. The second-order valence-electron chi connectivity index (χ2n) is 4.59. The molecular formula is C12H23N3Na2O4. The second kappa shape index (κ2) is 17.2. The van der Waals surface area contributed by atoms with Crippen molar-refractivity contribution in [3.05, 3.63) is 0 Å². The number of rotatable bonds is 12. The van der Waals surface area contributed by atoms with Crippen LogP contribution < -0.4 is 86.1 Å². The molecule has 7 nitrogen and oxygen atoms in total. The Labute approximate surface area is 170 Å². The monoisotopic (exact) mass is 319 g/mol. The summed E-state index contributed by atoms with van der Waals surface area (Å²) >= 11 is 0. The average Bonchev–Trinajstić information content (AvgIpc) is 2.35. The Balaban J connectivity index is -0.00000162. The van der Waals surface area contributed by atoms with E-state index < -0.39 is 24.0 Å². The van der Waals surface area contributed by atoms with Gasteiger partial charge in [0.25, 0.3) is 0 Å². The van der Waals surface area contributed by atoms with Crippen molar-refractivity contribution in [2.45, 2.75) is 50.6 Å². The first-order chi connectivity index (χ1) is 8.95. The van der Waals surface area contributed by atoms with E-state index >= 15 is 0 Å². The van der Waals surface area contributed by atoms with Crippen molar-refractivity contribution >= 4 is 11.9 Å². The van der Waals surface area contributed by atoms with Crippen LogP contribution in [0.4, 0.5) is 0 Å². The SMILES string of the molecule is N[C@@H](CCCCNCCCC[C@H](N)C(=O)[O-])C(=O)[O-].[Na+].[Na+]. The maximum absolute atomic E-state index is 10.3. The van der Waals surface area contributed by atoms with Gasteiger partial charge in [-0.05, 0) is 38.8 Å². The minimum atomic E-state index is -1.21. The van der Waals surface area contributed by atoms with E-state index in [1.54, 1.807) is 0 Å². The predicted octanol–water partition coefficient (Wildman–Crippen LogP) is -8.92. The molecule has 0 heterocycles. The molecule has 0 amide bonds. The molecule has 112 valence electrons. The average molecular weight is 319 g/mol. The smallest absolute Gasteiger partial charge is 0.548 e. The summed E-state index contributed by atoms with van der Waals surface area (Å²) in [5.41, 5.74) is 10.6. The van der Waals surface area contributed by atoms with Gasteiger partial charge in [0.2, 0.25) is 0 Å². The molecule has 0 aromatic rings. The molecule has 0 fully saturated rings. The Bertz CT molecular complexity index is 257. The summed E-state index contributed by atoms with van der Waals surface area (Å²) in [6.07, 6.45) is 4.00. The van der Waals surface area contributed by atoms with Crippen LogP contribution in [-0.2, 0) is 9.59 Å². The predicted molar refractivity (Wildman–Crippen MR) is 66.5 cm³/mol.